The molecule has 19 heavy (non-hydrogen) atoms. The van der Waals surface area contributed by atoms with Crippen molar-refractivity contribution in [3.8, 4) is 0 Å². The number of nitrogens with one attached hydrogen (secondary N) is 1. The highest BCUT2D eigenvalue weighted by atomic mass is 16.4. The van der Waals surface area contributed by atoms with Crippen LogP contribution in [0, 0.1) is 17.3 Å². The largest absolute Gasteiger partial charge is 0.409 e. The van der Waals surface area contributed by atoms with Gasteiger partial charge in [0.15, 0.2) is 5.84 Å². The predicted molar refractivity (Wildman–Crippen MR) is 71.7 cm³/mol. The van der Waals surface area contributed by atoms with E-state index in [4.69, 9.17) is 10.9 Å². The lowest BCUT2D eigenvalue weighted by Crippen LogP contribution is -2.52. The van der Waals surface area contributed by atoms with Gasteiger partial charge in [0, 0.05) is 6.04 Å². The molecule has 3 rings (SSSR count). The Morgan fingerprint density at radius 3 is 2.53 bits per heavy atom. The highest BCUT2D eigenvalue weighted by molar-refractivity contribution is 6.07. The van der Waals surface area contributed by atoms with E-state index in [0.29, 0.717) is 24.8 Å². The molecule has 0 aromatic carbocycles. The maximum absolute atomic E-state index is 12.6. The summed E-state index contributed by atoms with van der Waals surface area (Å²) < 4.78 is 0. The lowest BCUT2D eigenvalue weighted by atomic mass is 9.83. The topological polar surface area (TPSA) is 87.7 Å². The van der Waals surface area contributed by atoms with E-state index >= 15 is 0 Å². The average molecular weight is 265 g/mol. The quantitative estimate of drug-likeness (QED) is 0.313. The van der Waals surface area contributed by atoms with Gasteiger partial charge in [-0.1, -0.05) is 24.4 Å². The van der Waals surface area contributed by atoms with Gasteiger partial charge in [-0.05, 0) is 43.9 Å². The second-order valence-electron chi connectivity index (χ2n) is 6.53. The van der Waals surface area contributed by atoms with Crippen molar-refractivity contribution in [2.24, 2.45) is 28.1 Å². The fourth-order valence-corrected chi connectivity index (χ4v) is 4.40. The highest BCUT2D eigenvalue weighted by Crippen LogP contribution is 2.45. The molecule has 3 aliphatic carbocycles. The Bertz CT molecular complexity index is 401. The van der Waals surface area contributed by atoms with E-state index in [9.17, 15) is 4.79 Å². The number of carbonyl (C=O) groups is 1. The smallest absolute Gasteiger partial charge is 0.234 e. The van der Waals surface area contributed by atoms with Crippen molar-refractivity contribution in [1.82, 2.24) is 5.32 Å². The van der Waals surface area contributed by atoms with Gasteiger partial charge < -0.3 is 16.3 Å². The average Bonchev–Trinajstić information content (AvgIpc) is 3.13. The Kier molecular flexibility index (Phi) is 3.15. The predicted octanol–water partition coefficient (Wildman–Crippen LogP) is 1.60. The van der Waals surface area contributed by atoms with Crippen LogP contribution in [-0.4, -0.2) is 23.0 Å². The van der Waals surface area contributed by atoms with Crippen molar-refractivity contribution >= 4 is 11.7 Å². The lowest BCUT2D eigenvalue weighted by molar-refractivity contribution is -0.128. The van der Waals surface area contributed by atoms with Crippen LogP contribution in [0.25, 0.3) is 0 Å². The number of nitrogens with two attached hydrogens (primary N) is 1. The molecule has 5 heteroatoms. The Balaban J connectivity index is 1.71. The first kappa shape index (κ1) is 12.8. The summed E-state index contributed by atoms with van der Waals surface area (Å²) in [4.78, 5) is 12.6. The summed E-state index contributed by atoms with van der Waals surface area (Å²) in [7, 11) is 0. The summed E-state index contributed by atoms with van der Waals surface area (Å²) in [6.07, 6.45) is 8.30. The molecule has 106 valence electrons. The molecular weight excluding hydrogens is 242 g/mol. The monoisotopic (exact) mass is 265 g/mol. The molecule has 3 unspecified atom stereocenters. The van der Waals surface area contributed by atoms with E-state index < -0.39 is 5.41 Å². The van der Waals surface area contributed by atoms with Gasteiger partial charge in [-0.25, -0.2) is 0 Å². The van der Waals surface area contributed by atoms with Gasteiger partial charge >= 0.3 is 0 Å². The van der Waals surface area contributed by atoms with Gasteiger partial charge in [0.1, 0.15) is 5.41 Å². The molecule has 0 aromatic rings. The van der Waals surface area contributed by atoms with Crippen LogP contribution in [0.1, 0.15) is 51.4 Å². The molecule has 0 aromatic heterocycles. The first-order valence-electron chi connectivity index (χ1n) is 7.45. The van der Waals surface area contributed by atoms with Crippen LogP contribution in [0.4, 0.5) is 0 Å². The molecule has 2 bridgehead atoms. The SMILES string of the molecule is NC(=NO)C1(C(=O)NC2CC3CCC2C3)CCCC1. The second kappa shape index (κ2) is 4.69. The molecular formula is C14H23N3O2. The second-order valence-corrected chi connectivity index (χ2v) is 6.53. The Hall–Kier alpha value is -1.26. The standard InChI is InChI=1S/C14H23N3O2/c15-12(17-19)14(5-1-2-6-14)13(18)16-11-8-9-3-4-10(11)7-9/h9-11,19H,1-8H2,(H2,15,17)(H,16,18). The van der Waals surface area contributed by atoms with Gasteiger partial charge in [-0.15, -0.1) is 0 Å². The highest BCUT2D eigenvalue weighted by Gasteiger charge is 2.48. The zero-order valence-corrected chi connectivity index (χ0v) is 11.3. The van der Waals surface area contributed by atoms with Gasteiger partial charge in [0.2, 0.25) is 5.91 Å². The molecule has 0 aliphatic heterocycles. The van der Waals surface area contributed by atoms with Gasteiger partial charge in [-0.2, -0.15) is 0 Å². The third-order valence-corrected chi connectivity index (χ3v) is 5.54. The number of rotatable bonds is 3. The van der Waals surface area contributed by atoms with Crippen molar-refractivity contribution in [1.29, 1.82) is 0 Å². The third kappa shape index (κ3) is 1.99. The van der Waals surface area contributed by atoms with Crippen molar-refractivity contribution in [3.05, 3.63) is 0 Å². The van der Waals surface area contributed by atoms with E-state index in [1.807, 2.05) is 0 Å². The van der Waals surface area contributed by atoms with Crippen LogP contribution in [-0.2, 0) is 4.79 Å². The third-order valence-electron chi connectivity index (χ3n) is 5.54. The van der Waals surface area contributed by atoms with E-state index in [1.165, 1.54) is 19.3 Å². The summed E-state index contributed by atoms with van der Waals surface area (Å²) in [6.45, 7) is 0. The summed E-state index contributed by atoms with van der Waals surface area (Å²) in [5.74, 6) is 1.53. The Labute approximate surface area is 113 Å². The number of fused-ring (bicyclic) bond motifs is 2. The zero-order chi connectivity index (χ0) is 13.5. The molecule has 5 nitrogen and oxygen atoms in total. The molecule has 1 amide bonds. The fraction of sp³-hybridized carbons (Fsp3) is 0.857. The number of oxime groups is 1. The summed E-state index contributed by atoms with van der Waals surface area (Å²) in [6, 6.07) is 0.315. The van der Waals surface area contributed by atoms with E-state index in [-0.39, 0.29) is 11.7 Å². The van der Waals surface area contributed by atoms with Gasteiger partial charge in [0.05, 0.1) is 0 Å². The maximum atomic E-state index is 12.6. The van der Waals surface area contributed by atoms with Crippen LogP contribution in [0.15, 0.2) is 5.16 Å². The molecule has 4 N–H and O–H groups in total. The van der Waals surface area contributed by atoms with Crippen LogP contribution in [0.2, 0.25) is 0 Å². The lowest BCUT2D eigenvalue weighted by Gasteiger charge is -2.30. The minimum Gasteiger partial charge on any atom is -0.409 e. The van der Waals surface area contributed by atoms with Crippen molar-refractivity contribution < 1.29 is 10.0 Å². The molecule has 0 heterocycles. The first-order valence-corrected chi connectivity index (χ1v) is 7.45. The van der Waals surface area contributed by atoms with E-state index in [1.54, 1.807) is 0 Å². The summed E-state index contributed by atoms with van der Waals surface area (Å²) in [5.41, 5.74) is 5.05. The van der Waals surface area contributed by atoms with Crippen LogP contribution < -0.4 is 11.1 Å². The first-order chi connectivity index (χ1) is 9.15. The molecule has 0 saturated heterocycles. The minimum absolute atomic E-state index is 0.0159. The molecule has 3 fully saturated rings. The zero-order valence-electron chi connectivity index (χ0n) is 11.3. The number of amidine groups is 1. The maximum Gasteiger partial charge on any atom is 0.234 e. The number of carbonyl (C=O) groups excluding carboxylic acids is 1. The summed E-state index contributed by atoms with van der Waals surface area (Å²) >= 11 is 0. The Morgan fingerprint density at radius 1 is 1.26 bits per heavy atom. The van der Waals surface area contributed by atoms with Crippen molar-refractivity contribution in [2.45, 2.75) is 57.4 Å². The van der Waals surface area contributed by atoms with Crippen LogP contribution in [0.5, 0.6) is 0 Å². The van der Waals surface area contributed by atoms with Crippen LogP contribution >= 0.6 is 0 Å². The van der Waals surface area contributed by atoms with Crippen molar-refractivity contribution in [3.63, 3.8) is 0 Å². The van der Waals surface area contributed by atoms with E-state index in [0.717, 1.165) is 25.2 Å². The summed E-state index contributed by atoms with van der Waals surface area (Å²) in [5, 5.41) is 15.3. The number of hydrogen-bond acceptors (Lipinski definition) is 3. The van der Waals surface area contributed by atoms with E-state index in [2.05, 4.69) is 10.5 Å². The van der Waals surface area contributed by atoms with Gasteiger partial charge in [0.25, 0.3) is 0 Å². The van der Waals surface area contributed by atoms with Crippen LogP contribution in [0.3, 0.4) is 0 Å². The fourth-order valence-electron chi connectivity index (χ4n) is 4.40. The number of amides is 1. The normalized spacial score (nSPS) is 36.6. The Morgan fingerprint density at radius 2 is 2.00 bits per heavy atom. The molecule has 3 aliphatic rings. The number of nitrogens with zero attached hydrogens (tertiary/aromatic N) is 1. The molecule has 3 saturated carbocycles. The minimum atomic E-state index is -0.753. The molecule has 0 spiro atoms. The van der Waals surface area contributed by atoms with Gasteiger partial charge in [-0.3, -0.25) is 4.79 Å². The van der Waals surface area contributed by atoms with Crippen molar-refractivity contribution in [2.75, 3.05) is 0 Å². The number of hydrogen-bond donors (Lipinski definition) is 3. The molecule has 3 atom stereocenters. The molecule has 0 radical (unpaired) electrons.